The van der Waals surface area contributed by atoms with Crippen molar-refractivity contribution in [2.24, 2.45) is 0 Å². The van der Waals surface area contributed by atoms with Crippen LogP contribution >= 0.6 is 0 Å². The van der Waals surface area contributed by atoms with Gasteiger partial charge in [-0.25, -0.2) is 0 Å². The van der Waals surface area contributed by atoms with Gasteiger partial charge >= 0.3 is 0 Å². The SMILES string of the molecule is CCC(CO)NCCCOc1ccc2oc3ccccc3c(=O)c2c1. The highest BCUT2D eigenvalue weighted by molar-refractivity contribution is 5.90. The van der Waals surface area contributed by atoms with Crippen LogP contribution in [-0.2, 0) is 0 Å². The summed E-state index contributed by atoms with van der Waals surface area (Å²) < 4.78 is 11.5. The summed E-state index contributed by atoms with van der Waals surface area (Å²) in [7, 11) is 0. The highest BCUT2D eigenvalue weighted by Crippen LogP contribution is 2.22. The van der Waals surface area contributed by atoms with Crippen molar-refractivity contribution in [2.75, 3.05) is 19.8 Å². The summed E-state index contributed by atoms with van der Waals surface area (Å²) >= 11 is 0. The number of hydrogen-bond acceptors (Lipinski definition) is 5. The van der Waals surface area contributed by atoms with Gasteiger partial charge in [0, 0.05) is 6.04 Å². The number of benzene rings is 2. The van der Waals surface area contributed by atoms with E-state index in [2.05, 4.69) is 5.32 Å². The van der Waals surface area contributed by atoms with Crippen molar-refractivity contribution >= 4 is 21.9 Å². The van der Waals surface area contributed by atoms with Gasteiger partial charge in [0.05, 0.1) is 24.0 Å². The second-order valence-electron chi connectivity index (χ2n) is 6.03. The monoisotopic (exact) mass is 341 g/mol. The maximum atomic E-state index is 12.6. The first kappa shape index (κ1) is 17.5. The second kappa shape index (κ2) is 8.14. The van der Waals surface area contributed by atoms with Crippen LogP contribution in [0.5, 0.6) is 5.75 Å². The largest absolute Gasteiger partial charge is 0.494 e. The number of ether oxygens (including phenoxy) is 1. The molecule has 1 atom stereocenters. The summed E-state index contributed by atoms with van der Waals surface area (Å²) in [5.74, 6) is 0.657. The van der Waals surface area contributed by atoms with Gasteiger partial charge in [0.25, 0.3) is 0 Å². The van der Waals surface area contributed by atoms with Crippen LogP contribution in [0.25, 0.3) is 21.9 Å². The lowest BCUT2D eigenvalue weighted by atomic mass is 10.1. The van der Waals surface area contributed by atoms with Gasteiger partial charge in [-0.05, 0) is 49.7 Å². The van der Waals surface area contributed by atoms with Gasteiger partial charge in [-0.15, -0.1) is 0 Å². The Labute approximate surface area is 146 Å². The molecule has 0 radical (unpaired) electrons. The Bertz CT molecular complexity index is 899. The maximum Gasteiger partial charge on any atom is 0.200 e. The van der Waals surface area contributed by atoms with E-state index in [1.807, 2.05) is 25.1 Å². The van der Waals surface area contributed by atoms with Crippen molar-refractivity contribution in [2.45, 2.75) is 25.8 Å². The second-order valence-corrected chi connectivity index (χ2v) is 6.03. The zero-order valence-corrected chi connectivity index (χ0v) is 14.3. The van der Waals surface area contributed by atoms with Gasteiger partial charge in [-0.2, -0.15) is 0 Å². The molecule has 2 aromatic carbocycles. The van der Waals surface area contributed by atoms with E-state index >= 15 is 0 Å². The Morgan fingerprint density at radius 3 is 2.76 bits per heavy atom. The van der Waals surface area contributed by atoms with Crippen LogP contribution in [0.2, 0.25) is 0 Å². The molecule has 1 heterocycles. The number of para-hydroxylation sites is 1. The van der Waals surface area contributed by atoms with E-state index in [0.717, 1.165) is 19.4 Å². The lowest BCUT2D eigenvalue weighted by Crippen LogP contribution is -2.33. The Balaban J connectivity index is 1.68. The summed E-state index contributed by atoms with van der Waals surface area (Å²) in [4.78, 5) is 12.6. The normalized spacial score (nSPS) is 12.6. The van der Waals surface area contributed by atoms with E-state index in [1.165, 1.54) is 0 Å². The summed E-state index contributed by atoms with van der Waals surface area (Å²) in [6, 6.07) is 12.7. The first-order chi connectivity index (χ1) is 12.2. The van der Waals surface area contributed by atoms with Crippen LogP contribution in [0.3, 0.4) is 0 Å². The van der Waals surface area contributed by atoms with Crippen molar-refractivity contribution in [1.29, 1.82) is 0 Å². The summed E-state index contributed by atoms with van der Waals surface area (Å²) in [6.07, 6.45) is 1.71. The molecule has 0 fully saturated rings. The number of aliphatic hydroxyl groups excluding tert-OH is 1. The number of hydrogen-bond donors (Lipinski definition) is 2. The minimum absolute atomic E-state index is 0.0438. The predicted molar refractivity (Wildman–Crippen MR) is 99.3 cm³/mol. The summed E-state index contributed by atoms with van der Waals surface area (Å²) in [6.45, 7) is 3.50. The molecule has 0 spiro atoms. The van der Waals surface area contributed by atoms with Crippen LogP contribution < -0.4 is 15.5 Å². The van der Waals surface area contributed by atoms with Crippen LogP contribution in [0, 0.1) is 0 Å². The van der Waals surface area contributed by atoms with Crippen molar-refractivity contribution < 1.29 is 14.3 Å². The van der Waals surface area contributed by atoms with E-state index in [1.54, 1.807) is 24.3 Å². The first-order valence-electron chi connectivity index (χ1n) is 8.65. The number of aliphatic hydroxyl groups is 1. The highest BCUT2D eigenvalue weighted by atomic mass is 16.5. The molecular weight excluding hydrogens is 318 g/mol. The summed E-state index contributed by atoms with van der Waals surface area (Å²) in [5, 5.41) is 13.5. The lowest BCUT2D eigenvalue weighted by molar-refractivity contribution is 0.234. The molecule has 1 aromatic heterocycles. The summed E-state index contributed by atoms with van der Waals surface area (Å²) in [5.41, 5.74) is 1.11. The molecule has 0 aliphatic rings. The Kier molecular flexibility index (Phi) is 5.68. The molecule has 2 N–H and O–H groups in total. The van der Waals surface area contributed by atoms with Gasteiger partial charge in [0.2, 0.25) is 5.43 Å². The zero-order valence-electron chi connectivity index (χ0n) is 14.3. The van der Waals surface area contributed by atoms with E-state index in [-0.39, 0.29) is 18.1 Å². The Morgan fingerprint density at radius 1 is 1.16 bits per heavy atom. The van der Waals surface area contributed by atoms with Crippen LogP contribution in [-0.4, -0.2) is 30.9 Å². The molecule has 5 nitrogen and oxygen atoms in total. The van der Waals surface area contributed by atoms with Crippen molar-refractivity contribution in [3.63, 3.8) is 0 Å². The van der Waals surface area contributed by atoms with E-state index in [4.69, 9.17) is 14.3 Å². The fraction of sp³-hybridized carbons (Fsp3) is 0.350. The average molecular weight is 341 g/mol. The molecular formula is C20H23NO4. The van der Waals surface area contributed by atoms with E-state index in [9.17, 15) is 4.79 Å². The van der Waals surface area contributed by atoms with Gasteiger partial charge in [0.1, 0.15) is 16.9 Å². The van der Waals surface area contributed by atoms with E-state index in [0.29, 0.717) is 34.3 Å². The molecule has 132 valence electrons. The van der Waals surface area contributed by atoms with Crippen LogP contribution in [0.15, 0.2) is 51.7 Å². The fourth-order valence-electron chi connectivity index (χ4n) is 2.78. The average Bonchev–Trinajstić information content (AvgIpc) is 2.65. The molecule has 0 aliphatic carbocycles. The van der Waals surface area contributed by atoms with Crippen molar-refractivity contribution in [1.82, 2.24) is 5.32 Å². The molecule has 1 unspecified atom stereocenters. The van der Waals surface area contributed by atoms with Gasteiger partial charge in [-0.1, -0.05) is 19.1 Å². The standard InChI is InChI=1S/C20H23NO4/c1-2-14(13-22)21-10-5-11-24-15-8-9-19-17(12-15)20(23)16-6-3-4-7-18(16)25-19/h3-4,6-9,12,14,21-22H,2,5,10-11,13H2,1H3. The fourth-order valence-corrected chi connectivity index (χ4v) is 2.78. The number of fused-ring (bicyclic) bond motifs is 2. The maximum absolute atomic E-state index is 12.6. The van der Waals surface area contributed by atoms with Crippen molar-refractivity contribution in [3.8, 4) is 5.75 Å². The quantitative estimate of drug-likeness (QED) is 0.487. The number of rotatable bonds is 8. The highest BCUT2D eigenvalue weighted by Gasteiger charge is 2.08. The number of nitrogens with one attached hydrogen (secondary N) is 1. The first-order valence-corrected chi connectivity index (χ1v) is 8.65. The third kappa shape index (κ3) is 4.00. The van der Waals surface area contributed by atoms with E-state index < -0.39 is 0 Å². The minimum atomic E-state index is -0.0438. The topological polar surface area (TPSA) is 71.7 Å². The molecule has 0 bridgehead atoms. The molecule has 5 heteroatoms. The smallest absolute Gasteiger partial charge is 0.200 e. The van der Waals surface area contributed by atoms with Crippen LogP contribution in [0.4, 0.5) is 0 Å². The van der Waals surface area contributed by atoms with Gasteiger partial charge < -0.3 is 19.6 Å². The third-order valence-corrected chi connectivity index (χ3v) is 4.28. The van der Waals surface area contributed by atoms with Gasteiger partial charge in [-0.3, -0.25) is 4.79 Å². The molecule has 25 heavy (non-hydrogen) atoms. The van der Waals surface area contributed by atoms with Gasteiger partial charge in [0.15, 0.2) is 0 Å². The molecule has 0 amide bonds. The molecule has 0 saturated carbocycles. The molecule has 0 saturated heterocycles. The van der Waals surface area contributed by atoms with Crippen molar-refractivity contribution in [3.05, 3.63) is 52.7 Å². The predicted octanol–water partition coefficient (Wildman–Crippen LogP) is 3.08. The lowest BCUT2D eigenvalue weighted by Gasteiger charge is -2.14. The minimum Gasteiger partial charge on any atom is -0.494 e. The Hall–Kier alpha value is -2.37. The molecule has 0 aliphatic heterocycles. The Morgan fingerprint density at radius 2 is 1.96 bits per heavy atom. The zero-order chi connectivity index (χ0) is 17.6. The molecule has 3 rings (SSSR count). The molecule has 3 aromatic rings. The van der Waals surface area contributed by atoms with Crippen LogP contribution in [0.1, 0.15) is 19.8 Å². The third-order valence-electron chi connectivity index (χ3n) is 4.28.